The van der Waals surface area contributed by atoms with Gasteiger partial charge in [-0.05, 0) is 71.5 Å². The molecule has 0 unspecified atom stereocenters. The topological polar surface area (TPSA) is 72.2 Å². The van der Waals surface area contributed by atoms with Gasteiger partial charge >= 0.3 is 0 Å². The minimum absolute atomic E-state index is 0.542. The second kappa shape index (κ2) is 14.1. The molecule has 0 fully saturated rings. The summed E-state index contributed by atoms with van der Waals surface area (Å²) in [5, 5.41) is 2.07. The second-order valence-corrected chi connectivity index (χ2v) is 13.1. The molecule has 224 valence electrons. The van der Waals surface area contributed by atoms with E-state index >= 15 is 0 Å². The van der Waals surface area contributed by atoms with Gasteiger partial charge in [0.05, 0.1) is 25.1 Å². The molecule has 0 saturated heterocycles. The number of thiophene rings is 1. The summed E-state index contributed by atoms with van der Waals surface area (Å²) < 4.78 is 38.7. The van der Waals surface area contributed by atoms with E-state index in [0.29, 0.717) is 42.6 Å². The van der Waals surface area contributed by atoms with Gasteiger partial charge in [0, 0.05) is 36.1 Å². The maximum Gasteiger partial charge on any atom is 0.229 e. The predicted molar refractivity (Wildman–Crippen MR) is 179 cm³/mol. The number of hydrogen-bond donors (Lipinski definition) is 1. The van der Waals surface area contributed by atoms with Gasteiger partial charge in [-0.1, -0.05) is 54.6 Å². The first-order valence-corrected chi connectivity index (χ1v) is 16.8. The minimum atomic E-state index is -3.43. The molecular weight excluding hydrogens is 591 g/mol. The van der Waals surface area contributed by atoms with Gasteiger partial charge < -0.3 is 14.4 Å². The molecular formula is C35H33N3O4S2. The molecule has 4 aromatic carbocycles. The van der Waals surface area contributed by atoms with Gasteiger partial charge in [-0.3, -0.25) is 4.72 Å². The SMILES string of the molecule is [C-]#[N+]c1ccc(CN(Cc2ccc(Oc3cccc(OCCc4cccs4)c3)cc2)c2cccc(NS(C)(=O)=O)c2C)cc1. The maximum atomic E-state index is 12.0. The zero-order valence-corrected chi connectivity index (χ0v) is 26.2. The second-order valence-electron chi connectivity index (χ2n) is 10.4. The Hall–Kier alpha value is -4.78. The van der Waals surface area contributed by atoms with Crippen LogP contribution in [0.3, 0.4) is 0 Å². The Morgan fingerprint density at radius 1 is 0.841 bits per heavy atom. The Morgan fingerprint density at radius 2 is 1.52 bits per heavy atom. The van der Waals surface area contributed by atoms with Crippen LogP contribution in [0.15, 0.2) is 109 Å². The molecule has 44 heavy (non-hydrogen) atoms. The highest BCUT2D eigenvalue weighted by atomic mass is 32.2. The van der Waals surface area contributed by atoms with Gasteiger partial charge in [0.2, 0.25) is 10.0 Å². The summed E-state index contributed by atoms with van der Waals surface area (Å²) in [4.78, 5) is 6.99. The number of ether oxygens (including phenoxy) is 2. The number of sulfonamides is 1. The summed E-state index contributed by atoms with van der Waals surface area (Å²) in [5.41, 5.74) is 4.95. The van der Waals surface area contributed by atoms with Crippen molar-refractivity contribution >= 4 is 38.4 Å². The first kappa shape index (κ1) is 30.7. The third-order valence-corrected chi connectivity index (χ3v) is 8.44. The predicted octanol–water partition coefficient (Wildman–Crippen LogP) is 8.60. The molecule has 1 aromatic heterocycles. The number of hydrogen-bond acceptors (Lipinski definition) is 6. The van der Waals surface area contributed by atoms with E-state index in [-0.39, 0.29) is 0 Å². The summed E-state index contributed by atoms with van der Waals surface area (Å²) in [6.07, 6.45) is 2.01. The molecule has 0 amide bonds. The highest BCUT2D eigenvalue weighted by Crippen LogP contribution is 2.31. The van der Waals surface area contributed by atoms with E-state index in [4.69, 9.17) is 16.0 Å². The van der Waals surface area contributed by atoms with E-state index in [9.17, 15) is 8.42 Å². The van der Waals surface area contributed by atoms with Crippen LogP contribution in [0.25, 0.3) is 4.85 Å². The lowest BCUT2D eigenvalue weighted by Crippen LogP contribution is -2.23. The van der Waals surface area contributed by atoms with Crippen LogP contribution in [0.5, 0.6) is 17.2 Å². The van der Waals surface area contributed by atoms with Crippen molar-refractivity contribution in [3.05, 3.63) is 141 Å². The Kier molecular flexibility index (Phi) is 9.85. The molecule has 0 aliphatic heterocycles. The standard InChI is InChI=1S/C35H33N3O4S2/c1-26-34(37-44(3,39)40)10-5-11-35(26)38(24-27-12-16-29(36-2)17-13-27)25-28-14-18-30(19-15-28)42-32-8-4-7-31(23-32)41-21-20-33-9-6-22-43-33/h4-19,22-23,37H,20-21,24-25H2,1,3H3. The van der Waals surface area contributed by atoms with Gasteiger partial charge in [-0.25, -0.2) is 13.3 Å². The normalized spacial score (nSPS) is 11.0. The smallest absolute Gasteiger partial charge is 0.229 e. The van der Waals surface area contributed by atoms with Crippen molar-refractivity contribution in [3.8, 4) is 17.2 Å². The van der Waals surface area contributed by atoms with Crippen molar-refractivity contribution in [3.63, 3.8) is 0 Å². The molecule has 0 spiro atoms. The maximum absolute atomic E-state index is 12.0. The van der Waals surface area contributed by atoms with Gasteiger partial charge in [0.15, 0.2) is 5.69 Å². The molecule has 1 heterocycles. The molecule has 1 N–H and O–H groups in total. The van der Waals surface area contributed by atoms with Crippen LogP contribution in [0.4, 0.5) is 17.1 Å². The van der Waals surface area contributed by atoms with Gasteiger partial charge in [-0.2, -0.15) is 0 Å². The number of nitrogens with one attached hydrogen (secondary N) is 1. The molecule has 7 nitrogen and oxygen atoms in total. The monoisotopic (exact) mass is 623 g/mol. The van der Waals surface area contributed by atoms with Crippen LogP contribution in [0.2, 0.25) is 0 Å². The van der Waals surface area contributed by atoms with E-state index in [1.54, 1.807) is 17.4 Å². The Morgan fingerprint density at radius 3 is 2.18 bits per heavy atom. The van der Waals surface area contributed by atoms with Crippen LogP contribution in [-0.4, -0.2) is 21.3 Å². The highest BCUT2D eigenvalue weighted by molar-refractivity contribution is 7.92. The molecule has 0 saturated carbocycles. The fourth-order valence-electron chi connectivity index (χ4n) is 4.77. The summed E-state index contributed by atoms with van der Waals surface area (Å²) in [6.45, 7) is 10.9. The molecule has 0 aliphatic carbocycles. The highest BCUT2D eigenvalue weighted by Gasteiger charge is 2.15. The largest absolute Gasteiger partial charge is 0.493 e. The van der Waals surface area contributed by atoms with Crippen LogP contribution >= 0.6 is 11.3 Å². The van der Waals surface area contributed by atoms with Crippen molar-refractivity contribution in [2.45, 2.75) is 26.4 Å². The fourth-order valence-corrected chi connectivity index (χ4v) is 6.08. The van der Waals surface area contributed by atoms with Gasteiger partial charge in [0.25, 0.3) is 0 Å². The number of anilines is 2. The third-order valence-electron chi connectivity index (χ3n) is 6.92. The molecule has 0 bridgehead atoms. The van der Waals surface area contributed by atoms with Crippen molar-refractivity contribution in [2.24, 2.45) is 0 Å². The molecule has 0 atom stereocenters. The number of benzene rings is 4. The Bertz CT molecular complexity index is 1830. The van der Waals surface area contributed by atoms with E-state index in [0.717, 1.165) is 40.8 Å². The number of rotatable bonds is 13. The quantitative estimate of drug-likeness (QED) is 0.133. The van der Waals surface area contributed by atoms with E-state index in [1.807, 2.05) is 97.9 Å². The summed E-state index contributed by atoms with van der Waals surface area (Å²) in [5.74, 6) is 2.17. The Balaban J connectivity index is 1.31. The molecule has 5 rings (SSSR count). The van der Waals surface area contributed by atoms with Crippen molar-refractivity contribution in [1.82, 2.24) is 0 Å². The minimum Gasteiger partial charge on any atom is -0.493 e. The van der Waals surface area contributed by atoms with Crippen LogP contribution in [0, 0.1) is 13.5 Å². The lowest BCUT2D eigenvalue weighted by molar-refractivity contribution is 0.321. The molecule has 9 heteroatoms. The average Bonchev–Trinajstić information content (AvgIpc) is 3.53. The van der Waals surface area contributed by atoms with Gasteiger partial charge in [0.1, 0.15) is 17.2 Å². The van der Waals surface area contributed by atoms with Crippen molar-refractivity contribution < 1.29 is 17.9 Å². The molecule has 5 aromatic rings. The van der Waals surface area contributed by atoms with E-state index in [2.05, 4.69) is 25.9 Å². The molecule has 0 radical (unpaired) electrons. The summed E-state index contributed by atoms with van der Waals surface area (Å²) in [6, 6.07) is 32.9. The summed E-state index contributed by atoms with van der Waals surface area (Å²) in [7, 11) is -3.43. The van der Waals surface area contributed by atoms with Crippen molar-refractivity contribution in [1.29, 1.82) is 0 Å². The Labute approximate surface area is 263 Å². The van der Waals surface area contributed by atoms with Crippen LogP contribution in [-0.2, 0) is 29.5 Å². The third kappa shape index (κ3) is 8.63. The number of nitrogens with zero attached hydrogens (tertiary/aromatic N) is 2. The zero-order valence-electron chi connectivity index (χ0n) is 24.6. The molecule has 0 aliphatic rings. The average molecular weight is 624 g/mol. The lowest BCUT2D eigenvalue weighted by atomic mass is 10.1. The lowest BCUT2D eigenvalue weighted by Gasteiger charge is -2.28. The van der Waals surface area contributed by atoms with E-state index < -0.39 is 10.0 Å². The first-order valence-electron chi connectivity index (χ1n) is 14.1. The van der Waals surface area contributed by atoms with Crippen molar-refractivity contribution in [2.75, 3.05) is 22.5 Å². The summed E-state index contributed by atoms with van der Waals surface area (Å²) >= 11 is 1.73. The van der Waals surface area contributed by atoms with Crippen LogP contribution in [0.1, 0.15) is 21.6 Å². The fraction of sp³-hybridized carbons (Fsp3) is 0.171. The first-order chi connectivity index (χ1) is 21.3. The van der Waals surface area contributed by atoms with Crippen LogP contribution < -0.4 is 19.1 Å². The zero-order chi connectivity index (χ0) is 30.9. The van der Waals surface area contributed by atoms with E-state index in [1.165, 1.54) is 4.88 Å². The van der Waals surface area contributed by atoms with Gasteiger partial charge in [-0.15, -0.1) is 11.3 Å².